The van der Waals surface area contributed by atoms with E-state index in [1.165, 1.54) is 25.6 Å². The highest BCUT2D eigenvalue weighted by molar-refractivity contribution is 5.72. The van der Waals surface area contributed by atoms with E-state index >= 15 is 0 Å². The van der Waals surface area contributed by atoms with Crippen LogP contribution in [-0.2, 0) is 6.18 Å². The highest BCUT2D eigenvalue weighted by Gasteiger charge is 2.30. The molecule has 0 aliphatic carbocycles. The summed E-state index contributed by atoms with van der Waals surface area (Å²) < 4.78 is 48.8. The Morgan fingerprint density at radius 3 is 2.26 bits per heavy atom. The standard InChI is InChI=1S/C18H15F3N4O2/c1-26-13-4-2-3-5-14(13)27-17-15(22)16(23-10-24-17)25-12-8-6-11(7-9-12)18(19,20)21/h2-10H,22H2,1H3,(H,23,24,25). The van der Waals surface area contributed by atoms with Gasteiger partial charge in [-0.25, -0.2) is 4.98 Å². The molecule has 0 fully saturated rings. The molecular weight excluding hydrogens is 361 g/mol. The van der Waals surface area contributed by atoms with Gasteiger partial charge in [0, 0.05) is 5.69 Å². The zero-order valence-corrected chi connectivity index (χ0v) is 14.1. The van der Waals surface area contributed by atoms with Gasteiger partial charge in [-0.15, -0.1) is 0 Å². The van der Waals surface area contributed by atoms with Gasteiger partial charge in [-0.2, -0.15) is 18.2 Å². The highest BCUT2D eigenvalue weighted by Crippen LogP contribution is 2.35. The Morgan fingerprint density at radius 2 is 1.63 bits per heavy atom. The lowest BCUT2D eigenvalue weighted by Crippen LogP contribution is -2.05. The molecule has 6 nitrogen and oxygen atoms in total. The summed E-state index contributed by atoms with van der Waals surface area (Å²) >= 11 is 0. The predicted octanol–water partition coefficient (Wildman–Crippen LogP) is 4.62. The van der Waals surface area contributed by atoms with Crippen LogP contribution in [0, 0.1) is 0 Å². The van der Waals surface area contributed by atoms with Gasteiger partial charge in [0.2, 0.25) is 5.88 Å². The Kier molecular flexibility index (Phi) is 5.02. The summed E-state index contributed by atoms with van der Waals surface area (Å²) in [4.78, 5) is 8.00. The Hall–Kier alpha value is -3.49. The van der Waals surface area contributed by atoms with Gasteiger partial charge in [0.25, 0.3) is 0 Å². The van der Waals surface area contributed by atoms with Crippen LogP contribution in [0.4, 0.5) is 30.4 Å². The Balaban J connectivity index is 1.83. The van der Waals surface area contributed by atoms with Gasteiger partial charge in [-0.05, 0) is 36.4 Å². The van der Waals surface area contributed by atoms with Crippen molar-refractivity contribution in [1.29, 1.82) is 0 Å². The summed E-state index contributed by atoms with van der Waals surface area (Å²) in [6.07, 6.45) is -3.17. The first-order valence-electron chi connectivity index (χ1n) is 7.74. The van der Waals surface area contributed by atoms with Crippen molar-refractivity contribution in [1.82, 2.24) is 9.97 Å². The molecule has 9 heteroatoms. The number of benzene rings is 2. The van der Waals surface area contributed by atoms with Gasteiger partial charge in [-0.1, -0.05) is 12.1 Å². The maximum atomic E-state index is 12.6. The lowest BCUT2D eigenvalue weighted by Gasteiger charge is -2.13. The van der Waals surface area contributed by atoms with Crippen LogP contribution in [0.3, 0.4) is 0 Å². The van der Waals surface area contributed by atoms with E-state index in [0.29, 0.717) is 17.2 Å². The van der Waals surface area contributed by atoms with Crippen molar-refractivity contribution >= 4 is 17.2 Å². The summed E-state index contributed by atoms with van der Waals surface area (Å²) in [6.45, 7) is 0. The van der Waals surface area contributed by atoms with Gasteiger partial charge >= 0.3 is 6.18 Å². The van der Waals surface area contributed by atoms with Crippen molar-refractivity contribution in [2.24, 2.45) is 0 Å². The number of nitrogens with one attached hydrogen (secondary N) is 1. The lowest BCUT2D eigenvalue weighted by molar-refractivity contribution is -0.137. The first-order valence-corrected chi connectivity index (χ1v) is 7.74. The SMILES string of the molecule is COc1ccccc1Oc1ncnc(Nc2ccc(C(F)(F)F)cc2)c1N. The van der Waals surface area contributed by atoms with Crippen LogP contribution in [0.25, 0.3) is 0 Å². The van der Waals surface area contributed by atoms with Crippen molar-refractivity contribution in [2.75, 3.05) is 18.2 Å². The number of hydrogen-bond acceptors (Lipinski definition) is 6. The van der Waals surface area contributed by atoms with Crippen LogP contribution in [0.5, 0.6) is 17.4 Å². The molecule has 0 aliphatic rings. The molecule has 2 aromatic carbocycles. The van der Waals surface area contributed by atoms with E-state index in [9.17, 15) is 13.2 Å². The Bertz CT molecular complexity index is 931. The summed E-state index contributed by atoms with van der Waals surface area (Å²) in [5.74, 6) is 1.19. The number of rotatable bonds is 5. The molecule has 0 saturated heterocycles. The maximum Gasteiger partial charge on any atom is 0.416 e. The average Bonchev–Trinajstić information content (AvgIpc) is 2.65. The highest BCUT2D eigenvalue weighted by atomic mass is 19.4. The topological polar surface area (TPSA) is 82.3 Å². The van der Waals surface area contributed by atoms with Crippen molar-refractivity contribution in [2.45, 2.75) is 6.18 Å². The first kappa shape index (κ1) is 18.3. The number of nitrogens with zero attached hydrogens (tertiary/aromatic N) is 2. The van der Waals surface area contributed by atoms with Gasteiger partial charge < -0.3 is 20.5 Å². The normalized spacial score (nSPS) is 11.1. The zero-order chi connectivity index (χ0) is 19.4. The molecule has 0 unspecified atom stereocenters. The molecule has 0 atom stereocenters. The number of halogens is 3. The molecule has 27 heavy (non-hydrogen) atoms. The second-order valence-electron chi connectivity index (χ2n) is 5.39. The van der Waals surface area contributed by atoms with Gasteiger partial charge in [0.1, 0.15) is 12.0 Å². The third-order valence-corrected chi connectivity index (χ3v) is 3.60. The number of nitrogen functional groups attached to an aromatic ring is 1. The van der Waals surface area contributed by atoms with E-state index in [2.05, 4.69) is 15.3 Å². The number of nitrogens with two attached hydrogens (primary N) is 1. The fourth-order valence-corrected chi connectivity index (χ4v) is 2.25. The lowest BCUT2D eigenvalue weighted by atomic mass is 10.2. The fourth-order valence-electron chi connectivity index (χ4n) is 2.25. The number of methoxy groups -OCH3 is 1. The monoisotopic (exact) mass is 376 g/mol. The molecule has 0 spiro atoms. The zero-order valence-electron chi connectivity index (χ0n) is 14.1. The van der Waals surface area contributed by atoms with Gasteiger partial charge in [0.15, 0.2) is 17.3 Å². The quantitative estimate of drug-likeness (QED) is 0.676. The van der Waals surface area contributed by atoms with E-state index in [0.717, 1.165) is 12.1 Å². The molecule has 0 saturated carbocycles. The smallest absolute Gasteiger partial charge is 0.416 e. The minimum Gasteiger partial charge on any atom is -0.493 e. The number of hydrogen-bond donors (Lipinski definition) is 2. The van der Waals surface area contributed by atoms with Gasteiger partial charge in [-0.3, -0.25) is 0 Å². The van der Waals surface area contributed by atoms with Crippen molar-refractivity contribution in [3.05, 3.63) is 60.4 Å². The minimum absolute atomic E-state index is 0.0870. The third-order valence-electron chi connectivity index (χ3n) is 3.60. The summed E-state index contributed by atoms with van der Waals surface area (Å²) in [5, 5.41) is 2.85. The predicted molar refractivity (Wildman–Crippen MR) is 94.2 cm³/mol. The van der Waals surface area contributed by atoms with Crippen LogP contribution in [0.1, 0.15) is 5.56 Å². The van der Waals surface area contributed by atoms with Crippen LogP contribution >= 0.6 is 0 Å². The van der Waals surface area contributed by atoms with Crippen molar-refractivity contribution in [3.63, 3.8) is 0 Å². The van der Waals surface area contributed by atoms with Crippen molar-refractivity contribution < 1.29 is 22.6 Å². The molecule has 0 amide bonds. The van der Waals surface area contributed by atoms with Crippen LogP contribution < -0.4 is 20.5 Å². The molecular formula is C18H15F3N4O2. The number of para-hydroxylation sites is 2. The molecule has 3 rings (SSSR count). The van der Waals surface area contributed by atoms with Crippen molar-refractivity contribution in [3.8, 4) is 17.4 Å². The summed E-state index contributed by atoms with van der Waals surface area (Å²) in [7, 11) is 1.50. The Labute approximate surface area is 152 Å². The molecule has 3 N–H and O–H groups in total. The summed E-state index contributed by atoms with van der Waals surface area (Å²) in [5.41, 5.74) is 5.78. The number of aromatic nitrogens is 2. The average molecular weight is 376 g/mol. The minimum atomic E-state index is -4.40. The molecule has 1 heterocycles. The van der Waals surface area contributed by atoms with Crippen LogP contribution in [-0.4, -0.2) is 17.1 Å². The van der Waals surface area contributed by atoms with Crippen LogP contribution in [0.15, 0.2) is 54.9 Å². The number of ether oxygens (including phenoxy) is 2. The number of anilines is 3. The van der Waals surface area contributed by atoms with E-state index < -0.39 is 11.7 Å². The summed E-state index contributed by atoms with van der Waals surface area (Å²) in [6, 6.07) is 11.4. The molecule has 1 aromatic heterocycles. The van der Waals surface area contributed by atoms with E-state index in [1.807, 2.05) is 0 Å². The first-order chi connectivity index (χ1) is 12.9. The van der Waals surface area contributed by atoms with Crippen LogP contribution in [0.2, 0.25) is 0 Å². The number of alkyl halides is 3. The van der Waals surface area contributed by atoms with E-state index in [4.69, 9.17) is 15.2 Å². The molecule has 3 aromatic rings. The Morgan fingerprint density at radius 1 is 0.963 bits per heavy atom. The second-order valence-corrected chi connectivity index (χ2v) is 5.39. The largest absolute Gasteiger partial charge is 0.493 e. The fraction of sp³-hybridized carbons (Fsp3) is 0.111. The molecule has 0 bridgehead atoms. The van der Waals surface area contributed by atoms with E-state index in [-0.39, 0.29) is 17.4 Å². The molecule has 0 aliphatic heterocycles. The van der Waals surface area contributed by atoms with E-state index in [1.54, 1.807) is 24.3 Å². The molecule has 140 valence electrons. The third kappa shape index (κ3) is 4.20. The maximum absolute atomic E-state index is 12.6. The molecule has 0 radical (unpaired) electrons. The van der Waals surface area contributed by atoms with Gasteiger partial charge in [0.05, 0.1) is 12.7 Å². The second kappa shape index (κ2) is 7.40.